The zero-order valence-electron chi connectivity index (χ0n) is 7.83. The molecule has 0 aromatic heterocycles. The van der Waals surface area contributed by atoms with Crippen LogP contribution in [0, 0.1) is 16.7 Å². The Morgan fingerprint density at radius 3 is 2.54 bits per heavy atom. The molecule has 0 fully saturated rings. The highest BCUT2D eigenvalue weighted by Gasteiger charge is 2.19. The van der Waals surface area contributed by atoms with Crippen LogP contribution in [-0.4, -0.2) is 0 Å². The topological polar surface area (TPSA) is 23.8 Å². The molecule has 1 nitrogen and oxygen atoms in total. The number of benzene rings is 1. The van der Waals surface area contributed by atoms with E-state index in [1.165, 1.54) is 5.56 Å². The quantitative estimate of drug-likeness (QED) is 0.641. The lowest BCUT2D eigenvalue weighted by Gasteiger charge is -2.15. The summed E-state index contributed by atoms with van der Waals surface area (Å²) in [6, 6.07) is 12.3. The van der Waals surface area contributed by atoms with Gasteiger partial charge in [-0.3, -0.25) is 0 Å². The van der Waals surface area contributed by atoms with Crippen LogP contribution in [-0.2, 0) is 6.42 Å². The lowest BCUT2D eigenvalue weighted by Crippen LogP contribution is -2.13. The number of hydrogen-bond donors (Lipinski definition) is 0. The summed E-state index contributed by atoms with van der Waals surface area (Å²) in [6.07, 6.45) is 2.44. The van der Waals surface area contributed by atoms with E-state index < -0.39 is 5.41 Å². The van der Waals surface area contributed by atoms with Crippen LogP contribution in [0.4, 0.5) is 0 Å². The van der Waals surface area contributed by atoms with Crippen molar-refractivity contribution >= 4 is 0 Å². The van der Waals surface area contributed by atoms with Gasteiger partial charge in [-0.1, -0.05) is 36.4 Å². The molecule has 0 aliphatic carbocycles. The fourth-order valence-corrected chi connectivity index (χ4v) is 1.18. The molecule has 66 valence electrons. The van der Waals surface area contributed by atoms with Gasteiger partial charge in [-0.2, -0.15) is 5.26 Å². The van der Waals surface area contributed by atoms with Crippen molar-refractivity contribution in [1.29, 1.82) is 5.26 Å². The first-order valence-corrected chi connectivity index (χ1v) is 4.29. The van der Waals surface area contributed by atoms with Crippen LogP contribution in [0.25, 0.3) is 0 Å². The van der Waals surface area contributed by atoms with E-state index in [9.17, 15) is 0 Å². The molecular formula is C12H13N. The van der Waals surface area contributed by atoms with E-state index in [0.29, 0.717) is 0 Å². The van der Waals surface area contributed by atoms with E-state index in [1.54, 1.807) is 6.08 Å². The van der Waals surface area contributed by atoms with Crippen LogP contribution in [0.15, 0.2) is 43.0 Å². The summed E-state index contributed by atoms with van der Waals surface area (Å²) in [4.78, 5) is 0. The van der Waals surface area contributed by atoms with Crippen LogP contribution in [0.2, 0.25) is 0 Å². The maximum absolute atomic E-state index is 8.93. The Morgan fingerprint density at radius 1 is 1.46 bits per heavy atom. The third-order valence-corrected chi connectivity index (χ3v) is 2.12. The predicted octanol–water partition coefficient (Wildman–Crippen LogP) is 2.94. The number of rotatable bonds is 3. The van der Waals surface area contributed by atoms with Crippen molar-refractivity contribution in [3.63, 3.8) is 0 Å². The minimum Gasteiger partial charge on any atom is -0.197 e. The van der Waals surface area contributed by atoms with Crippen molar-refractivity contribution in [2.24, 2.45) is 5.41 Å². The molecule has 0 aliphatic rings. The van der Waals surface area contributed by atoms with Gasteiger partial charge in [0.1, 0.15) is 0 Å². The monoisotopic (exact) mass is 171 g/mol. The molecule has 1 aromatic carbocycles. The average Bonchev–Trinajstić information content (AvgIpc) is 2.19. The zero-order valence-corrected chi connectivity index (χ0v) is 7.83. The van der Waals surface area contributed by atoms with Gasteiger partial charge < -0.3 is 0 Å². The third-order valence-electron chi connectivity index (χ3n) is 2.12. The third kappa shape index (κ3) is 2.45. The summed E-state index contributed by atoms with van der Waals surface area (Å²) in [5.41, 5.74) is 0.730. The molecule has 0 saturated carbocycles. The van der Waals surface area contributed by atoms with Crippen LogP contribution in [0.5, 0.6) is 0 Å². The first-order valence-electron chi connectivity index (χ1n) is 4.29. The molecule has 0 amide bonds. The average molecular weight is 171 g/mol. The van der Waals surface area contributed by atoms with E-state index in [4.69, 9.17) is 5.26 Å². The molecule has 0 spiro atoms. The van der Waals surface area contributed by atoms with E-state index in [2.05, 4.69) is 12.6 Å². The van der Waals surface area contributed by atoms with Crippen molar-refractivity contribution in [3.05, 3.63) is 48.6 Å². The number of hydrogen-bond acceptors (Lipinski definition) is 1. The smallest absolute Gasteiger partial charge is 0.0763 e. The van der Waals surface area contributed by atoms with Crippen LogP contribution < -0.4 is 0 Å². The molecule has 1 heteroatoms. The van der Waals surface area contributed by atoms with Crippen molar-refractivity contribution in [3.8, 4) is 6.07 Å². The van der Waals surface area contributed by atoms with Gasteiger partial charge in [0.05, 0.1) is 11.5 Å². The highest BCUT2D eigenvalue weighted by molar-refractivity contribution is 5.21. The van der Waals surface area contributed by atoms with E-state index in [1.807, 2.05) is 37.3 Å². The van der Waals surface area contributed by atoms with E-state index >= 15 is 0 Å². The van der Waals surface area contributed by atoms with Crippen LogP contribution in [0.3, 0.4) is 0 Å². The summed E-state index contributed by atoms with van der Waals surface area (Å²) in [5.74, 6) is 0. The molecule has 0 bridgehead atoms. The first kappa shape index (κ1) is 9.54. The molecule has 0 saturated heterocycles. The van der Waals surface area contributed by atoms with Crippen molar-refractivity contribution in [2.45, 2.75) is 13.3 Å². The lowest BCUT2D eigenvalue weighted by atomic mass is 9.85. The van der Waals surface area contributed by atoms with Crippen molar-refractivity contribution in [1.82, 2.24) is 0 Å². The molecule has 1 aromatic rings. The maximum atomic E-state index is 8.93. The Hall–Kier alpha value is -1.55. The summed E-state index contributed by atoms with van der Waals surface area (Å²) in [7, 11) is 0. The van der Waals surface area contributed by atoms with Crippen LogP contribution in [0.1, 0.15) is 12.5 Å². The Labute approximate surface area is 79.3 Å². The van der Waals surface area contributed by atoms with Gasteiger partial charge in [-0.05, 0) is 18.9 Å². The Morgan fingerprint density at radius 2 is 2.08 bits per heavy atom. The van der Waals surface area contributed by atoms with Gasteiger partial charge >= 0.3 is 0 Å². The zero-order chi connectivity index (χ0) is 9.73. The predicted molar refractivity (Wildman–Crippen MR) is 54.1 cm³/mol. The summed E-state index contributed by atoms with van der Waals surface area (Å²) < 4.78 is 0. The van der Waals surface area contributed by atoms with Crippen molar-refractivity contribution < 1.29 is 0 Å². The van der Waals surface area contributed by atoms with Gasteiger partial charge in [0.2, 0.25) is 0 Å². The SMILES string of the molecule is C=C[C@](C)(C#N)Cc1ccccc1. The fraction of sp³-hybridized carbons (Fsp3) is 0.250. The van der Waals surface area contributed by atoms with Crippen LogP contribution >= 0.6 is 0 Å². The molecule has 0 heterocycles. The molecule has 1 rings (SSSR count). The Bertz CT molecular complexity index is 321. The van der Waals surface area contributed by atoms with Gasteiger partial charge in [-0.25, -0.2) is 0 Å². The second-order valence-corrected chi connectivity index (χ2v) is 3.40. The highest BCUT2D eigenvalue weighted by Crippen LogP contribution is 2.22. The number of nitriles is 1. The maximum Gasteiger partial charge on any atom is 0.0763 e. The minimum absolute atomic E-state index is 0.443. The molecule has 0 unspecified atom stereocenters. The summed E-state index contributed by atoms with van der Waals surface area (Å²) >= 11 is 0. The normalized spacial score (nSPS) is 14.2. The first-order chi connectivity index (χ1) is 6.20. The van der Waals surface area contributed by atoms with Crippen molar-refractivity contribution in [2.75, 3.05) is 0 Å². The second kappa shape index (κ2) is 3.91. The second-order valence-electron chi connectivity index (χ2n) is 3.40. The van der Waals surface area contributed by atoms with Gasteiger partial charge in [0, 0.05) is 0 Å². The van der Waals surface area contributed by atoms with Gasteiger partial charge in [0.15, 0.2) is 0 Å². The Kier molecular flexibility index (Phi) is 2.87. The highest BCUT2D eigenvalue weighted by atomic mass is 14.3. The van der Waals surface area contributed by atoms with Gasteiger partial charge in [-0.15, -0.1) is 6.58 Å². The van der Waals surface area contributed by atoms with E-state index in [0.717, 1.165) is 6.42 Å². The van der Waals surface area contributed by atoms with E-state index in [-0.39, 0.29) is 0 Å². The largest absolute Gasteiger partial charge is 0.197 e. The molecule has 1 atom stereocenters. The molecular weight excluding hydrogens is 158 g/mol. The molecule has 13 heavy (non-hydrogen) atoms. The minimum atomic E-state index is -0.443. The number of allylic oxidation sites excluding steroid dienone is 1. The van der Waals surface area contributed by atoms with Gasteiger partial charge in [0.25, 0.3) is 0 Å². The number of nitrogens with zero attached hydrogens (tertiary/aromatic N) is 1. The summed E-state index contributed by atoms with van der Waals surface area (Å²) in [6.45, 7) is 5.57. The lowest BCUT2D eigenvalue weighted by molar-refractivity contribution is 0.566. The molecule has 0 aliphatic heterocycles. The standard InChI is InChI=1S/C12H13N/c1-3-12(2,10-13)9-11-7-5-4-6-8-11/h3-8H,1,9H2,2H3/t12-/m0/s1. The molecule has 0 N–H and O–H groups in total. The fourth-order valence-electron chi connectivity index (χ4n) is 1.18. The summed E-state index contributed by atoms with van der Waals surface area (Å²) in [5, 5.41) is 8.93. The Balaban J connectivity index is 2.81. The molecule has 0 radical (unpaired) electrons.